The Labute approximate surface area is 185 Å². The number of aliphatic imine (C=N–C) groups is 1. The minimum atomic E-state index is -0.0545. The number of amides is 1. The average molecular weight is 509 g/mol. The molecule has 0 atom stereocenters. The van der Waals surface area contributed by atoms with E-state index in [1.54, 1.807) is 14.1 Å². The lowest BCUT2D eigenvalue weighted by molar-refractivity contribution is -0.127. The topological polar surface area (TPSA) is 92.0 Å². The number of nitrogens with one attached hydrogen (secondary N) is 2. The highest BCUT2D eigenvalue weighted by atomic mass is 127. The third-order valence-electron chi connectivity index (χ3n) is 4.24. The molecular formula is C19H36IN5O3. The Kier molecular flexibility index (Phi) is 14.8. The highest BCUT2D eigenvalue weighted by Gasteiger charge is 2.13. The predicted octanol–water partition coefficient (Wildman–Crippen LogP) is 2.75. The highest BCUT2D eigenvalue weighted by Crippen LogP contribution is 2.22. The number of carbonyl (C=O) groups excluding carboxylic acids is 1. The van der Waals surface area contributed by atoms with Crippen molar-refractivity contribution in [3.63, 3.8) is 0 Å². The maximum absolute atomic E-state index is 11.8. The fourth-order valence-corrected chi connectivity index (χ4v) is 2.47. The van der Waals surface area contributed by atoms with Gasteiger partial charge in [-0.2, -0.15) is 0 Å². The zero-order chi connectivity index (χ0) is 20.1. The smallest absolute Gasteiger partial charge is 0.243 e. The molecule has 0 spiro atoms. The largest absolute Gasteiger partial charge is 0.382 e. The van der Waals surface area contributed by atoms with Gasteiger partial charge in [0.05, 0.1) is 12.2 Å². The highest BCUT2D eigenvalue weighted by molar-refractivity contribution is 14.0. The summed E-state index contributed by atoms with van der Waals surface area (Å²) >= 11 is 0. The van der Waals surface area contributed by atoms with E-state index in [0.29, 0.717) is 38.2 Å². The zero-order valence-electron chi connectivity index (χ0n) is 17.8. The number of guanidine groups is 1. The van der Waals surface area contributed by atoms with E-state index in [4.69, 9.17) is 9.26 Å². The number of halogens is 1. The van der Waals surface area contributed by atoms with Gasteiger partial charge in [-0.25, -0.2) is 4.99 Å². The van der Waals surface area contributed by atoms with E-state index in [1.807, 2.05) is 13.0 Å². The van der Waals surface area contributed by atoms with Crippen LogP contribution in [0.2, 0.25) is 0 Å². The molecule has 28 heavy (non-hydrogen) atoms. The van der Waals surface area contributed by atoms with Crippen molar-refractivity contribution < 1.29 is 14.1 Å². The molecule has 1 amide bonds. The second-order valence-electron chi connectivity index (χ2n) is 6.52. The number of ether oxygens (including phenoxy) is 1. The number of hydrogen-bond donors (Lipinski definition) is 2. The molecule has 0 aliphatic heterocycles. The first kappa shape index (κ1) is 26.6. The summed E-state index contributed by atoms with van der Waals surface area (Å²) in [4.78, 5) is 17.7. The summed E-state index contributed by atoms with van der Waals surface area (Å²) in [5, 5.41) is 10.6. The molecule has 9 heteroatoms. The molecule has 0 unspecified atom stereocenters. The van der Waals surface area contributed by atoms with Gasteiger partial charge in [0.1, 0.15) is 6.54 Å². The molecule has 2 N–H and O–H groups in total. The summed E-state index contributed by atoms with van der Waals surface area (Å²) in [6, 6.07) is 1.99. The lowest BCUT2D eigenvalue weighted by Crippen LogP contribution is -2.38. The number of rotatable bonds is 12. The van der Waals surface area contributed by atoms with Gasteiger partial charge in [0.15, 0.2) is 11.7 Å². The third kappa shape index (κ3) is 10.3. The summed E-state index contributed by atoms with van der Waals surface area (Å²) in [7, 11) is 3.43. The van der Waals surface area contributed by atoms with Crippen molar-refractivity contribution in [2.24, 2.45) is 4.99 Å². The molecular weight excluding hydrogens is 473 g/mol. The van der Waals surface area contributed by atoms with Gasteiger partial charge in [-0.1, -0.05) is 19.0 Å². The van der Waals surface area contributed by atoms with Crippen molar-refractivity contribution in [2.45, 2.75) is 52.5 Å². The van der Waals surface area contributed by atoms with Crippen molar-refractivity contribution in [1.29, 1.82) is 0 Å². The van der Waals surface area contributed by atoms with Crippen LogP contribution in [0.15, 0.2) is 15.6 Å². The first-order valence-electron chi connectivity index (χ1n) is 9.77. The first-order valence-corrected chi connectivity index (χ1v) is 9.77. The van der Waals surface area contributed by atoms with Crippen molar-refractivity contribution in [2.75, 3.05) is 40.4 Å². The van der Waals surface area contributed by atoms with E-state index >= 15 is 0 Å². The molecule has 8 nitrogen and oxygen atoms in total. The molecule has 0 bridgehead atoms. The first-order chi connectivity index (χ1) is 13.0. The fourth-order valence-electron chi connectivity index (χ4n) is 2.47. The second kappa shape index (κ2) is 15.5. The van der Waals surface area contributed by atoms with Crippen LogP contribution in [0.25, 0.3) is 0 Å². The van der Waals surface area contributed by atoms with E-state index in [0.717, 1.165) is 30.7 Å². The minimum Gasteiger partial charge on any atom is -0.382 e. The zero-order valence-corrected chi connectivity index (χ0v) is 20.1. The number of carbonyl (C=O) groups is 1. The summed E-state index contributed by atoms with van der Waals surface area (Å²) in [5.41, 5.74) is 0.989. The Morgan fingerprint density at radius 2 is 2.00 bits per heavy atom. The van der Waals surface area contributed by atoms with Gasteiger partial charge in [-0.3, -0.25) is 4.79 Å². The van der Waals surface area contributed by atoms with E-state index in [1.165, 1.54) is 4.90 Å². The summed E-state index contributed by atoms with van der Waals surface area (Å²) in [6.45, 7) is 8.93. The Balaban J connectivity index is 0.00000729. The van der Waals surface area contributed by atoms with Gasteiger partial charge in [0, 0.05) is 45.8 Å². The summed E-state index contributed by atoms with van der Waals surface area (Å²) in [6.07, 6.45) is 2.94. The Bertz CT molecular complexity index is 574. The van der Waals surface area contributed by atoms with Gasteiger partial charge in [0.25, 0.3) is 0 Å². The molecule has 0 radical (unpaired) electrons. The van der Waals surface area contributed by atoms with Crippen molar-refractivity contribution in [1.82, 2.24) is 20.7 Å². The van der Waals surface area contributed by atoms with Crippen LogP contribution in [0.5, 0.6) is 0 Å². The van der Waals surface area contributed by atoms with Gasteiger partial charge < -0.3 is 24.8 Å². The van der Waals surface area contributed by atoms with E-state index in [2.05, 4.69) is 34.6 Å². The Morgan fingerprint density at radius 3 is 2.61 bits per heavy atom. The van der Waals surface area contributed by atoms with Crippen LogP contribution in [0.1, 0.15) is 57.4 Å². The quantitative estimate of drug-likeness (QED) is 0.195. The molecule has 1 rings (SSSR count). The maximum Gasteiger partial charge on any atom is 0.243 e. The minimum absolute atomic E-state index is 0. The van der Waals surface area contributed by atoms with Gasteiger partial charge in [0.2, 0.25) is 5.91 Å². The van der Waals surface area contributed by atoms with Crippen LogP contribution < -0.4 is 10.6 Å². The predicted molar refractivity (Wildman–Crippen MR) is 122 cm³/mol. The van der Waals surface area contributed by atoms with E-state index < -0.39 is 0 Å². The van der Waals surface area contributed by atoms with Crippen LogP contribution in [0.3, 0.4) is 0 Å². The third-order valence-corrected chi connectivity index (χ3v) is 4.24. The molecule has 1 heterocycles. The van der Waals surface area contributed by atoms with Crippen LogP contribution in [0, 0.1) is 0 Å². The molecule has 0 saturated carbocycles. The van der Waals surface area contributed by atoms with Crippen LogP contribution >= 0.6 is 24.0 Å². The van der Waals surface area contributed by atoms with Crippen molar-refractivity contribution in [3.8, 4) is 0 Å². The standard InChI is InChI=1S/C19H35N5O3.HI/c1-6-15(7-2)17-12-16(27-23-17)13-21-19(20-10-9-11-26-8-3)22-14-18(25)24(4)5;/h12,15H,6-11,13-14H2,1-5H3,(H2,20,21,22);1H. The SMILES string of the molecule is CCOCCCNC(=NCC(=O)N(C)C)NCc1cc(C(CC)CC)no1.I. The lowest BCUT2D eigenvalue weighted by Gasteiger charge is -2.13. The van der Waals surface area contributed by atoms with Crippen LogP contribution in [0.4, 0.5) is 0 Å². The van der Waals surface area contributed by atoms with Crippen molar-refractivity contribution >= 4 is 35.8 Å². The maximum atomic E-state index is 11.8. The fraction of sp³-hybridized carbons (Fsp3) is 0.737. The van der Waals surface area contributed by atoms with Gasteiger partial charge in [-0.15, -0.1) is 24.0 Å². The number of nitrogens with zero attached hydrogens (tertiary/aromatic N) is 3. The second-order valence-corrected chi connectivity index (χ2v) is 6.52. The van der Waals surface area contributed by atoms with E-state index in [-0.39, 0.29) is 36.4 Å². The molecule has 0 aliphatic rings. The number of aromatic nitrogens is 1. The Morgan fingerprint density at radius 1 is 1.29 bits per heavy atom. The molecule has 162 valence electrons. The monoisotopic (exact) mass is 509 g/mol. The summed E-state index contributed by atoms with van der Waals surface area (Å²) in [5.74, 6) is 1.69. The summed E-state index contributed by atoms with van der Waals surface area (Å²) < 4.78 is 10.8. The van der Waals surface area contributed by atoms with Gasteiger partial charge >= 0.3 is 0 Å². The molecule has 0 fully saturated rings. The normalized spacial score (nSPS) is 11.3. The molecule has 0 aromatic carbocycles. The molecule has 0 saturated heterocycles. The molecule has 1 aromatic rings. The van der Waals surface area contributed by atoms with Crippen molar-refractivity contribution in [3.05, 3.63) is 17.5 Å². The number of likely N-dealkylation sites (N-methyl/N-ethyl adjacent to an activating group) is 1. The van der Waals surface area contributed by atoms with Gasteiger partial charge in [-0.05, 0) is 26.2 Å². The molecule has 0 aliphatic carbocycles. The van der Waals surface area contributed by atoms with Crippen LogP contribution in [-0.4, -0.2) is 62.3 Å². The Hall–Kier alpha value is -1.36. The average Bonchev–Trinajstić information content (AvgIpc) is 3.12. The van der Waals surface area contributed by atoms with Crippen LogP contribution in [-0.2, 0) is 16.1 Å². The molecule has 1 aromatic heterocycles. The number of hydrogen-bond acceptors (Lipinski definition) is 5. The van der Waals surface area contributed by atoms with E-state index in [9.17, 15) is 4.79 Å². The lowest BCUT2D eigenvalue weighted by atomic mass is 9.99.